The molecule has 5 heteroatoms. The van der Waals surface area contributed by atoms with E-state index in [1.165, 1.54) is 7.11 Å². The van der Waals surface area contributed by atoms with Crippen molar-refractivity contribution in [3.05, 3.63) is 53.1 Å². The average molecular weight is 292 g/mol. The molecule has 0 unspecified atom stereocenters. The molecule has 20 heavy (non-hydrogen) atoms. The number of rotatable bonds is 4. The summed E-state index contributed by atoms with van der Waals surface area (Å²) in [6, 6.07) is 12.0. The monoisotopic (exact) mass is 291 g/mol. The molecule has 104 valence electrons. The molecule has 0 aromatic heterocycles. The number of methoxy groups -OCH3 is 2. The zero-order valence-electron chi connectivity index (χ0n) is 11.1. The Balaban J connectivity index is 2.23. The molecule has 0 bridgehead atoms. The molecule has 0 heterocycles. The number of amides is 1. The van der Waals surface area contributed by atoms with Crippen LogP contribution in [0.25, 0.3) is 0 Å². The number of ether oxygens (including phenoxy) is 2. The van der Waals surface area contributed by atoms with Crippen molar-refractivity contribution in [2.24, 2.45) is 0 Å². The van der Waals surface area contributed by atoms with Gasteiger partial charge >= 0.3 is 0 Å². The fraction of sp³-hybridized carbons (Fsp3) is 0.133. The Morgan fingerprint density at radius 2 is 1.90 bits per heavy atom. The van der Waals surface area contributed by atoms with Crippen LogP contribution < -0.4 is 14.8 Å². The molecule has 4 nitrogen and oxygen atoms in total. The van der Waals surface area contributed by atoms with Gasteiger partial charge in [-0.05, 0) is 30.3 Å². The quantitative estimate of drug-likeness (QED) is 0.936. The lowest BCUT2D eigenvalue weighted by Crippen LogP contribution is -2.13. The van der Waals surface area contributed by atoms with Crippen molar-refractivity contribution in [2.45, 2.75) is 0 Å². The summed E-state index contributed by atoms with van der Waals surface area (Å²) >= 11 is 5.87. The highest BCUT2D eigenvalue weighted by molar-refractivity contribution is 6.31. The Morgan fingerprint density at radius 1 is 1.10 bits per heavy atom. The van der Waals surface area contributed by atoms with Gasteiger partial charge in [-0.1, -0.05) is 17.7 Å². The summed E-state index contributed by atoms with van der Waals surface area (Å²) < 4.78 is 10.3. The molecule has 0 aliphatic rings. The van der Waals surface area contributed by atoms with E-state index in [-0.39, 0.29) is 5.91 Å². The third-order valence-electron chi connectivity index (χ3n) is 2.74. The second kappa shape index (κ2) is 6.30. The molecule has 2 aromatic carbocycles. The Bertz CT molecular complexity index is 628. The number of carbonyl (C=O) groups excluding carboxylic acids is 1. The molecule has 2 rings (SSSR count). The summed E-state index contributed by atoms with van der Waals surface area (Å²) in [6.45, 7) is 0. The summed E-state index contributed by atoms with van der Waals surface area (Å²) in [5.41, 5.74) is 1.06. The third-order valence-corrected chi connectivity index (χ3v) is 2.97. The van der Waals surface area contributed by atoms with Gasteiger partial charge in [-0.2, -0.15) is 0 Å². The maximum Gasteiger partial charge on any atom is 0.259 e. The predicted octanol–water partition coefficient (Wildman–Crippen LogP) is 3.61. The first-order chi connectivity index (χ1) is 9.63. The highest BCUT2D eigenvalue weighted by Crippen LogP contribution is 2.24. The number of benzene rings is 2. The number of nitrogens with one attached hydrogen (secondary N) is 1. The third kappa shape index (κ3) is 3.22. The maximum absolute atomic E-state index is 12.2. The van der Waals surface area contributed by atoms with E-state index < -0.39 is 0 Å². The molecular weight excluding hydrogens is 278 g/mol. The van der Waals surface area contributed by atoms with Gasteiger partial charge in [0.15, 0.2) is 0 Å². The van der Waals surface area contributed by atoms with Gasteiger partial charge in [-0.3, -0.25) is 4.79 Å². The van der Waals surface area contributed by atoms with Crippen LogP contribution in [0.1, 0.15) is 10.4 Å². The van der Waals surface area contributed by atoms with Crippen LogP contribution in [-0.2, 0) is 0 Å². The number of anilines is 1. The van der Waals surface area contributed by atoms with E-state index in [1.54, 1.807) is 49.6 Å². The number of halogens is 1. The maximum atomic E-state index is 12.2. The Kier molecular flexibility index (Phi) is 4.48. The van der Waals surface area contributed by atoms with Crippen LogP contribution in [0.2, 0.25) is 5.02 Å². The van der Waals surface area contributed by atoms with Crippen molar-refractivity contribution in [1.29, 1.82) is 0 Å². The standard InChI is InChI=1S/C15H14ClNO3/c1-19-12-5-3-4-11(9-12)17-15(18)13-7-6-10(16)8-14(13)20-2/h3-9H,1-2H3,(H,17,18). The second-order valence-electron chi connectivity index (χ2n) is 4.03. The molecule has 0 saturated carbocycles. The van der Waals surface area contributed by atoms with Gasteiger partial charge in [0.25, 0.3) is 5.91 Å². The molecule has 0 spiro atoms. The fourth-order valence-electron chi connectivity index (χ4n) is 1.75. The fourth-order valence-corrected chi connectivity index (χ4v) is 1.91. The highest BCUT2D eigenvalue weighted by atomic mass is 35.5. The Labute approximate surface area is 122 Å². The molecule has 1 amide bonds. The lowest BCUT2D eigenvalue weighted by Gasteiger charge is -2.10. The Hall–Kier alpha value is -2.20. The smallest absolute Gasteiger partial charge is 0.259 e. The van der Waals surface area contributed by atoms with Crippen LogP contribution in [0.15, 0.2) is 42.5 Å². The molecular formula is C15H14ClNO3. The van der Waals surface area contributed by atoms with E-state index in [2.05, 4.69) is 5.32 Å². The topological polar surface area (TPSA) is 47.6 Å². The second-order valence-corrected chi connectivity index (χ2v) is 4.47. The van der Waals surface area contributed by atoms with Crippen molar-refractivity contribution in [3.63, 3.8) is 0 Å². The van der Waals surface area contributed by atoms with Crippen molar-refractivity contribution in [2.75, 3.05) is 19.5 Å². The van der Waals surface area contributed by atoms with Gasteiger partial charge in [-0.15, -0.1) is 0 Å². The van der Waals surface area contributed by atoms with E-state index in [0.29, 0.717) is 27.8 Å². The lowest BCUT2D eigenvalue weighted by molar-refractivity contribution is 0.102. The van der Waals surface area contributed by atoms with Crippen molar-refractivity contribution < 1.29 is 14.3 Å². The van der Waals surface area contributed by atoms with Gasteiger partial charge in [0, 0.05) is 16.8 Å². The largest absolute Gasteiger partial charge is 0.497 e. The number of hydrogen-bond donors (Lipinski definition) is 1. The molecule has 0 radical (unpaired) electrons. The van der Waals surface area contributed by atoms with E-state index in [1.807, 2.05) is 0 Å². The molecule has 1 N–H and O–H groups in total. The number of carbonyl (C=O) groups is 1. The minimum absolute atomic E-state index is 0.272. The van der Waals surface area contributed by atoms with Crippen molar-refractivity contribution in [3.8, 4) is 11.5 Å². The van der Waals surface area contributed by atoms with Crippen LogP contribution in [0.5, 0.6) is 11.5 Å². The molecule has 0 aliphatic carbocycles. The molecule has 0 aliphatic heterocycles. The van der Waals surface area contributed by atoms with E-state index in [4.69, 9.17) is 21.1 Å². The van der Waals surface area contributed by atoms with Crippen LogP contribution in [-0.4, -0.2) is 20.1 Å². The molecule has 2 aromatic rings. The number of hydrogen-bond acceptors (Lipinski definition) is 3. The van der Waals surface area contributed by atoms with Gasteiger partial charge < -0.3 is 14.8 Å². The summed E-state index contributed by atoms with van der Waals surface area (Å²) in [5.74, 6) is 0.829. The van der Waals surface area contributed by atoms with Crippen LogP contribution in [0.4, 0.5) is 5.69 Å². The van der Waals surface area contributed by atoms with Gasteiger partial charge in [-0.25, -0.2) is 0 Å². The van der Waals surface area contributed by atoms with E-state index in [0.717, 1.165) is 0 Å². The SMILES string of the molecule is COc1cccc(NC(=O)c2ccc(Cl)cc2OC)c1. The van der Waals surface area contributed by atoms with Gasteiger partial charge in [0.2, 0.25) is 0 Å². The first-order valence-electron chi connectivity index (χ1n) is 5.93. The summed E-state index contributed by atoms with van der Waals surface area (Å²) in [5, 5.41) is 3.30. The van der Waals surface area contributed by atoms with Gasteiger partial charge in [0.05, 0.1) is 19.8 Å². The normalized spacial score (nSPS) is 9.95. The average Bonchev–Trinajstić information content (AvgIpc) is 2.47. The van der Waals surface area contributed by atoms with Crippen LogP contribution >= 0.6 is 11.6 Å². The molecule has 0 fully saturated rings. The van der Waals surface area contributed by atoms with Crippen LogP contribution in [0.3, 0.4) is 0 Å². The summed E-state index contributed by atoms with van der Waals surface area (Å²) in [7, 11) is 3.07. The van der Waals surface area contributed by atoms with E-state index >= 15 is 0 Å². The van der Waals surface area contributed by atoms with E-state index in [9.17, 15) is 4.79 Å². The minimum Gasteiger partial charge on any atom is -0.497 e. The molecule has 0 atom stereocenters. The van der Waals surface area contributed by atoms with Crippen molar-refractivity contribution >= 4 is 23.2 Å². The predicted molar refractivity (Wildman–Crippen MR) is 79.0 cm³/mol. The zero-order valence-corrected chi connectivity index (χ0v) is 11.9. The highest BCUT2D eigenvalue weighted by Gasteiger charge is 2.13. The first-order valence-corrected chi connectivity index (χ1v) is 6.31. The summed E-state index contributed by atoms with van der Waals surface area (Å²) in [4.78, 5) is 12.2. The first kappa shape index (κ1) is 14.2. The lowest BCUT2D eigenvalue weighted by atomic mass is 10.2. The minimum atomic E-state index is -0.272. The zero-order chi connectivity index (χ0) is 14.5. The summed E-state index contributed by atoms with van der Waals surface area (Å²) in [6.07, 6.45) is 0. The molecule has 0 saturated heterocycles. The Morgan fingerprint density at radius 3 is 2.60 bits per heavy atom. The van der Waals surface area contributed by atoms with Crippen LogP contribution in [0, 0.1) is 0 Å². The van der Waals surface area contributed by atoms with Gasteiger partial charge in [0.1, 0.15) is 11.5 Å². The van der Waals surface area contributed by atoms with Crippen molar-refractivity contribution in [1.82, 2.24) is 0 Å².